The van der Waals surface area contributed by atoms with E-state index in [0.29, 0.717) is 24.2 Å². The molecule has 1 fully saturated rings. The van der Waals surface area contributed by atoms with Gasteiger partial charge in [0.1, 0.15) is 4.90 Å². The van der Waals surface area contributed by atoms with Crippen LogP contribution in [0.25, 0.3) is 0 Å². The van der Waals surface area contributed by atoms with Crippen molar-refractivity contribution in [2.75, 3.05) is 32.1 Å². The number of aryl methyl sites for hydroxylation is 1. The van der Waals surface area contributed by atoms with Gasteiger partial charge >= 0.3 is 0 Å². The first-order chi connectivity index (χ1) is 11.1. The third kappa shape index (κ3) is 4.14. The van der Waals surface area contributed by atoms with Crippen LogP contribution in [-0.2, 0) is 14.9 Å². The Morgan fingerprint density at radius 1 is 1.38 bits per heavy atom. The molecule has 0 bridgehead atoms. The van der Waals surface area contributed by atoms with Crippen LogP contribution in [0.15, 0.2) is 34.7 Å². The van der Waals surface area contributed by atoms with Crippen molar-refractivity contribution in [3.05, 3.63) is 35.4 Å². The van der Waals surface area contributed by atoms with Crippen LogP contribution in [0.3, 0.4) is 0 Å². The molecule has 24 heavy (non-hydrogen) atoms. The van der Waals surface area contributed by atoms with Crippen molar-refractivity contribution in [1.29, 1.82) is 0 Å². The fourth-order valence-corrected chi connectivity index (χ4v) is 3.29. The molecule has 1 saturated heterocycles. The minimum atomic E-state index is -4.37. The first kappa shape index (κ1) is 18.4. The van der Waals surface area contributed by atoms with E-state index in [2.05, 4.69) is 0 Å². The molecule has 1 unspecified atom stereocenters. The number of anilines is 1. The van der Waals surface area contributed by atoms with Crippen LogP contribution in [0.4, 0.5) is 5.69 Å². The zero-order valence-electron chi connectivity index (χ0n) is 13.9. The highest BCUT2D eigenvalue weighted by atomic mass is 32.2. The molecule has 1 aromatic rings. The lowest BCUT2D eigenvalue weighted by atomic mass is 9.99. The predicted molar refractivity (Wildman–Crippen MR) is 90.6 cm³/mol. The summed E-state index contributed by atoms with van der Waals surface area (Å²) in [5, 5.41) is 10.1. The molecule has 1 aliphatic rings. The first-order valence-corrected chi connectivity index (χ1v) is 8.96. The number of amides is 1. The molecule has 2 rings (SSSR count). The largest absolute Gasteiger partial charge is 0.389 e. The number of carbonyl (C=O) groups excluding carboxylic acids is 1. The van der Waals surface area contributed by atoms with Gasteiger partial charge in [0.05, 0.1) is 11.8 Å². The maximum atomic E-state index is 11.9. The van der Waals surface area contributed by atoms with Crippen molar-refractivity contribution in [2.24, 2.45) is 0 Å². The van der Waals surface area contributed by atoms with E-state index >= 15 is 0 Å². The number of carbonyl (C=O) groups is 1. The Balaban J connectivity index is 2.40. The number of aliphatic hydroxyl groups is 1. The smallest absolute Gasteiger partial charge is 0.296 e. The molecular formula is C16H22N2O5S. The van der Waals surface area contributed by atoms with Crippen molar-refractivity contribution in [3.63, 3.8) is 0 Å². The number of likely N-dealkylation sites (N-methyl/N-ethyl adjacent to an activating group) is 1. The van der Waals surface area contributed by atoms with Crippen molar-refractivity contribution >= 4 is 21.7 Å². The second kappa shape index (κ2) is 6.92. The van der Waals surface area contributed by atoms with Crippen LogP contribution in [0.2, 0.25) is 0 Å². The molecule has 0 aromatic heterocycles. The molecule has 0 saturated carbocycles. The van der Waals surface area contributed by atoms with E-state index in [9.17, 15) is 22.9 Å². The van der Waals surface area contributed by atoms with E-state index in [4.69, 9.17) is 0 Å². The Hall–Kier alpha value is -1.90. The average Bonchev–Trinajstić information content (AvgIpc) is 2.47. The number of benzene rings is 1. The molecule has 132 valence electrons. The summed E-state index contributed by atoms with van der Waals surface area (Å²) in [7, 11) is -1.14. The van der Waals surface area contributed by atoms with Crippen molar-refractivity contribution in [1.82, 2.24) is 4.90 Å². The molecule has 1 aliphatic heterocycles. The van der Waals surface area contributed by atoms with Gasteiger partial charge in [0.2, 0.25) is 5.91 Å². The van der Waals surface area contributed by atoms with E-state index in [-0.39, 0.29) is 17.3 Å². The van der Waals surface area contributed by atoms with Crippen molar-refractivity contribution < 1.29 is 22.9 Å². The summed E-state index contributed by atoms with van der Waals surface area (Å²) in [6.45, 7) is 2.45. The second-order valence-electron chi connectivity index (χ2n) is 6.12. The van der Waals surface area contributed by atoms with E-state index in [1.54, 1.807) is 31.1 Å². The normalized spacial score (nSPS) is 20.3. The zero-order valence-corrected chi connectivity index (χ0v) is 14.7. The van der Waals surface area contributed by atoms with Gasteiger partial charge in [0.15, 0.2) is 0 Å². The lowest BCUT2D eigenvalue weighted by Crippen LogP contribution is -2.39. The highest BCUT2D eigenvalue weighted by Gasteiger charge is 2.27. The molecular weight excluding hydrogens is 332 g/mol. The summed E-state index contributed by atoms with van der Waals surface area (Å²) in [5.41, 5.74) is 1.73. The lowest BCUT2D eigenvalue weighted by Gasteiger charge is -2.34. The lowest BCUT2D eigenvalue weighted by molar-refractivity contribution is -0.123. The van der Waals surface area contributed by atoms with Gasteiger partial charge in [-0.1, -0.05) is 6.07 Å². The average molecular weight is 354 g/mol. The summed E-state index contributed by atoms with van der Waals surface area (Å²) in [5.74, 6) is -0.245. The summed E-state index contributed by atoms with van der Waals surface area (Å²) in [4.78, 5) is 14.8. The maximum Gasteiger partial charge on any atom is 0.296 e. The monoisotopic (exact) mass is 354 g/mol. The van der Waals surface area contributed by atoms with Crippen LogP contribution in [0.5, 0.6) is 0 Å². The first-order valence-electron chi connectivity index (χ1n) is 7.52. The van der Waals surface area contributed by atoms with Gasteiger partial charge in [0.25, 0.3) is 10.1 Å². The van der Waals surface area contributed by atoms with Gasteiger partial charge < -0.3 is 14.9 Å². The summed E-state index contributed by atoms with van der Waals surface area (Å²) >= 11 is 0. The zero-order chi connectivity index (χ0) is 18.1. The van der Waals surface area contributed by atoms with Gasteiger partial charge in [-0.15, -0.1) is 0 Å². The van der Waals surface area contributed by atoms with E-state index in [1.165, 1.54) is 17.0 Å². The van der Waals surface area contributed by atoms with Gasteiger partial charge in [-0.3, -0.25) is 9.35 Å². The van der Waals surface area contributed by atoms with Gasteiger partial charge in [-0.2, -0.15) is 8.42 Å². The molecule has 0 radical (unpaired) electrons. The molecule has 0 aliphatic carbocycles. The van der Waals surface area contributed by atoms with Gasteiger partial charge in [0, 0.05) is 33.3 Å². The number of nitrogens with zero attached hydrogens (tertiary/aromatic N) is 2. The van der Waals surface area contributed by atoms with Crippen LogP contribution >= 0.6 is 0 Å². The van der Waals surface area contributed by atoms with Crippen LogP contribution in [0.1, 0.15) is 12.0 Å². The highest BCUT2D eigenvalue weighted by Crippen LogP contribution is 2.30. The minimum Gasteiger partial charge on any atom is -0.389 e. The number of aliphatic hydroxyl groups excluding tert-OH is 1. The summed E-state index contributed by atoms with van der Waals surface area (Å²) in [6.07, 6.45) is 0.995. The predicted octanol–water partition coefficient (Wildman–Crippen LogP) is 0.827. The molecule has 7 nitrogen and oxygen atoms in total. The van der Waals surface area contributed by atoms with E-state index < -0.39 is 16.2 Å². The second-order valence-corrected chi connectivity index (χ2v) is 7.51. The number of piperidine rings is 1. The third-order valence-corrected chi connectivity index (χ3v) is 4.86. The van der Waals surface area contributed by atoms with E-state index in [0.717, 1.165) is 5.56 Å². The van der Waals surface area contributed by atoms with Crippen LogP contribution in [0, 0.1) is 6.92 Å². The number of hydrogen-bond acceptors (Lipinski definition) is 5. The topological polar surface area (TPSA) is 98.1 Å². The fraction of sp³-hybridized carbons (Fsp3) is 0.438. The minimum absolute atomic E-state index is 0.178. The SMILES string of the molecule is Cc1ccc(S(=O)(=O)O)c(N2CCC(O)C(=CC(=O)N(C)C)C2)c1. The van der Waals surface area contributed by atoms with E-state index in [1.807, 2.05) is 6.92 Å². The van der Waals surface area contributed by atoms with Gasteiger partial charge in [-0.05, 0) is 36.6 Å². The Labute approximate surface area is 141 Å². The molecule has 8 heteroatoms. The van der Waals surface area contributed by atoms with Crippen molar-refractivity contribution in [2.45, 2.75) is 24.3 Å². The van der Waals surface area contributed by atoms with Crippen molar-refractivity contribution in [3.8, 4) is 0 Å². The molecule has 2 N–H and O–H groups in total. The summed E-state index contributed by atoms with van der Waals surface area (Å²) < 4.78 is 32.7. The Morgan fingerprint density at radius 3 is 2.62 bits per heavy atom. The molecule has 0 spiro atoms. The van der Waals surface area contributed by atoms with Crippen LogP contribution < -0.4 is 4.90 Å². The standard InChI is InChI=1S/C16H22N2O5S/c1-11-4-5-15(24(21,22)23)13(8-11)18-7-6-14(19)12(10-18)9-16(20)17(2)3/h4-5,8-9,14,19H,6-7,10H2,1-3H3,(H,21,22,23). The molecule has 1 heterocycles. The Kier molecular flexibility index (Phi) is 5.32. The van der Waals surface area contributed by atoms with Crippen LogP contribution in [-0.4, -0.2) is 62.2 Å². The molecule has 1 amide bonds. The highest BCUT2D eigenvalue weighted by molar-refractivity contribution is 7.86. The Morgan fingerprint density at radius 2 is 2.04 bits per heavy atom. The quantitative estimate of drug-likeness (QED) is 0.616. The number of hydrogen-bond donors (Lipinski definition) is 2. The molecule has 1 atom stereocenters. The third-order valence-electron chi connectivity index (χ3n) is 3.96. The Bertz CT molecular complexity index is 771. The fourth-order valence-electron chi connectivity index (χ4n) is 2.60. The van der Waals surface area contributed by atoms with Gasteiger partial charge in [-0.25, -0.2) is 0 Å². The number of rotatable bonds is 3. The molecule has 1 aromatic carbocycles. The maximum absolute atomic E-state index is 11.9. The summed E-state index contributed by atoms with van der Waals surface area (Å²) in [6, 6.07) is 4.64.